The number of halogens is 1. The summed E-state index contributed by atoms with van der Waals surface area (Å²) in [4.78, 5) is 27.3. The maximum Gasteiger partial charge on any atom is 0.261 e. The van der Waals surface area contributed by atoms with Crippen LogP contribution < -0.4 is 10.7 Å². The zero-order chi connectivity index (χ0) is 25.1. The van der Waals surface area contributed by atoms with Crippen LogP contribution in [0.2, 0.25) is 5.02 Å². The molecule has 4 rings (SSSR count). The van der Waals surface area contributed by atoms with Crippen molar-refractivity contribution >= 4 is 23.2 Å². The Balaban J connectivity index is 2.01. The molecule has 4 nitrogen and oxygen atoms in total. The molecular weight excluding hydrogens is 456 g/mol. The first kappa shape index (κ1) is 24.5. The average molecular weight is 485 g/mol. The summed E-state index contributed by atoms with van der Waals surface area (Å²) in [5, 5.41) is 3.62. The molecule has 178 valence electrons. The van der Waals surface area contributed by atoms with E-state index in [9.17, 15) is 9.59 Å². The van der Waals surface area contributed by atoms with Crippen molar-refractivity contribution in [2.45, 2.75) is 40.5 Å². The lowest BCUT2D eigenvalue weighted by atomic mass is 10.00. The molecule has 0 saturated heterocycles. The topological polar surface area (TPSA) is 51.1 Å². The summed E-state index contributed by atoms with van der Waals surface area (Å²) in [6.45, 7) is 8.00. The molecule has 4 aromatic rings. The van der Waals surface area contributed by atoms with Crippen LogP contribution in [0.5, 0.6) is 0 Å². The fraction of sp³-hybridized carbons (Fsp3) is 0.200. The van der Waals surface area contributed by atoms with E-state index in [0.29, 0.717) is 16.3 Å². The smallest absolute Gasteiger partial charge is 0.261 e. The van der Waals surface area contributed by atoms with Gasteiger partial charge in [-0.1, -0.05) is 74.0 Å². The van der Waals surface area contributed by atoms with Gasteiger partial charge in [-0.2, -0.15) is 0 Å². The maximum absolute atomic E-state index is 13.9. The minimum atomic E-state index is -0.428. The molecule has 35 heavy (non-hydrogen) atoms. The summed E-state index contributed by atoms with van der Waals surface area (Å²) in [5.74, 6) is -0.428. The van der Waals surface area contributed by atoms with Crippen LogP contribution in [-0.2, 0) is 12.8 Å². The van der Waals surface area contributed by atoms with Crippen molar-refractivity contribution < 1.29 is 4.79 Å². The van der Waals surface area contributed by atoms with Crippen LogP contribution in [0.25, 0.3) is 16.9 Å². The highest BCUT2D eigenvalue weighted by atomic mass is 35.5. The third kappa shape index (κ3) is 4.80. The molecule has 5 heteroatoms. The van der Waals surface area contributed by atoms with Gasteiger partial charge in [-0.15, -0.1) is 0 Å². The van der Waals surface area contributed by atoms with Crippen molar-refractivity contribution in [2.24, 2.45) is 0 Å². The minimum Gasteiger partial charge on any atom is -0.321 e. The Morgan fingerprint density at radius 1 is 0.886 bits per heavy atom. The average Bonchev–Trinajstić information content (AvgIpc) is 2.84. The van der Waals surface area contributed by atoms with Gasteiger partial charge in [-0.3, -0.25) is 9.59 Å². The number of nitrogens with one attached hydrogen (secondary N) is 1. The summed E-state index contributed by atoms with van der Waals surface area (Å²) in [5.41, 5.74) is 6.50. The number of aromatic nitrogens is 1. The number of hydrogen-bond donors (Lipinski definition) is 1. The van der Waals surface area contributed by atoms with E-state index >= 15 is 0 Å². The first-order valence-electron chi connectivity index (χ1n) is 11.9. The van der Waals surface area contributed by atoms with Gasteiger partial charge in [0.15, 0.2) is 5.43 Å². The second kappa shape index (κ2) is 10.3. The highest BCUT2D eigenvalue weighted by molar-refractivity contribution is 6.30. The molecule has 1 amide bonds. The first-order chi connectivity index (χ1) is 16.8. The lowest BCUT2D eigenvalue weighted by Crippen LogP contribution is -2.27. The zero-order valence-electron chi connectivity index (χ0n) is 20.5. The summed E-state index contributed by atoms with van der Waals surface area (Å²) < 4.78 is 1.98. The third-order valence-electron chi connectivity index (χ3n) is 6.32. The quantitative estimate of drug-likeness (QED) is 0.316. The van der Waals surface area contributed by atoms with Crippen LogP contribution >= 0.6 is 11.6 Å². The molecule has 3 aromatic carbocycles. The van der Waals surface area contributed by atoms with E-state index in [1.807, 2.05) is 73.0 Å². The Kier molecular flexibility index (Phi) is 7.23. The van der Waals surface area contributed by atoms with E-state index in [2.05, 4.69) is 19.2 Å². The maximum atomic E-state index is 13.9. The van der Waals surface area contributed by atoms with Gasteiger partial charge in [0.05, 0.1) is 5.69 Å². The number of benzene rings is 3. The third-order valence-corrected chi connectivity index (χ3v) is 6.55. The van der Waals surface area contributed by atoms with E-state index in [4.69, 9.17) is 11.6 Å². The van der Waals surface area contributed by atoms with Gasteiger partial charge >= 0.3 is 0 Å². The number of hydrogen-bond acceptors (Lipinski definition) is 2. The van der Waals surface area contributed by atoms with Crippen molar-refractivity contribution in [2.75, 3.05) is 5.32 Å². The summed E-state index contributed by atoms with van der Waals surface area (Å²) >= 11 is 6.36. The highest BCUT2D eigenvalue weighted by Crippen LogP contribution is 2.31. The number of carbonyl (C=O) groups excluding carboxylic acids is 1. The lowest BCUT2D eigenvalue weighted by molar-refractivity contribution is 0.102. The molecule has 0 unspecified atom stereocenters. The molecule has 0 saturated carbocycles. The van der Waals surface area contributed by atoms with E-state index < -0.39 is 5.91 Å². The largest absolute Gasteiger partial charge is 0.321 e. The predicted octanol–water partition coefficient (Wildman–Crippen LogP) is 7.15. The van der Waals surface area contributed by atoms with Gasteiger partial charge in [0.25, 0.3) is 5.91 Å². The molecular formula is C30H29ClN2O2. The highest BCUT2D eigenvalue weighted by Gasteiger charge is 2.24. The van der Waals surface area contributed by atoms with Crippen LogP contribution in [0.1, 0.15) is 46.6 Å². The minimum absolute atomic E-state index is 0.0917. The molecule has 0 fully saturated rings. The van der Waals surface area contributed by atoms with Gasteiger partial charge < -0.3 is 9.88 Å². The van der Waals surface area contributed by atoms with Crippen molar-refractivity contribution in [3.63, 3.8) is 0 Å². The molecule has 0 radical (unpaired) electrons. The van der Waals surface area contributed by atoms with Crippen molar-refractivity contribution in [1.82, 2.24) is 4.57 Å². The number of para-hydroxylation sites is 2. The molecule has 0 spiro atoms. The number of rotatable bonds is 6. The van der Waals surface area contributed by atoms with Crippen molar-refractivity contribution in [3.05, 3.63) is 116 Å². The molecule has 1 N–H and O–H groups in total. The van der Waals surface area contributed by atoms with Crippen molar-refractivity contribution in [3.8, 4) is 16.9 Å². The van der Waals surface area contributed by atoms with Crippen LogP contribution in [-0.4, -0.2) is 10.5 Å². The molecule has 0 aliphatic carbocycles. The summed E-state index contributed by atoms with van der Waals surface area (Å²) in [6, 6.07) is 22.7. The Labute approximate surface area is 211 Å². The Hall–Kier alpha value is -3.63. The Morgan fingerprint density at radius 2 is 1.54 bits per heavy atom. The van der Waals surface area contributed by atoms with E-state index in [-0.39, 0.29) is 11.0 Å². The van der Waals surface area contributed by atoms with Crippen LogP contribution in [0.3, 0.4) is 0 Å². The Morgan fingerprint density at radius 3 is 2.17 bits per heavy atom. The second-order valence-electron chi connectivity index (χ2n) is 8.62. The molecule has 0 bridgehead atoms. The number of amides is 1. The predicted molar refractivity (Wildman–Crippen MR) is 145 cm³/mol. The van der Waals surface area contributed by atoms with Gasteiger partial charge in [0.2, 0.25) is 0 Å². The number of anilines is 1. The molecule has 0 aliphatic heterocycles. The molecule has 1 aromatic heterocycles. The number of pyridine rings is 1. The van der Waals surface area contributed by atoms with E-state index in [0.717, 1.165) is 46.6 Å². The Bertz CT molecular complexity index is 1450. The zero-order valence-corrected chi connectivity index (χ0v) is 21.2. The number of aryl methyl sites for hydroxylation is 4. The summed E-state index contributed by atoms with van der Waals surface area (Å²) in [6.07, 6.45) is 1.54. The SMILES string of the molecule is CCc1cccc(CC)c1NC(=O)c1c(-c2cccc(Cl)c2)n(-c2ccccc2C)c(C)cc1=O. The standard InChI is InChI=1S/C30H29ClN2O2/c1-5-21-12-9-13-22(6-2)28(21)32-30(35)27-26(34)17-20(4)33(25-16-8-7-11-19(25)3)29(27)23-14-10-15-24(31)18-23/h7-18H,5-6H2,1-4H3,(H,32,35). The fourth-order valence-corrected chi connectivity index (χ4v) is 4.75. The van der Waals surface area contributed by atoms with E-state index in [1.54, 1.807) is 12.1 Å². The molecule has 0 atom stereocenters. The lowest BCUT2D eigenvalue weighted by Gasteiger charge is -2.22. The van der Waals surface area contributed by atoms with E-state index in [1.165, 1.54) is 6.07 Å². The van der Waals surface area contributed by atoms with Gasteiger partial charge in [0.1, 0.15) is 5.56 Å². The second-order valence-corrected chi connectivity index (χ2v) is 9.05. The van der Waals surface area contributed by atoms with Crippen LogP contribution in [0.15, 0.2) is 77.6 Å². The monoisotopic (exact) mass is 484 g/mol. The molecule has 1 heterocycles. The number of carbonyl (C=O) groups is 1. The normalized spacial score (nSPS) is 10.9. The first-order valence-corrected chi connectivity index (χ1v) is 12.2. The van der Waals surface area contributed by atoms with Crippen molar-refractivity contribution in [1.29, 1.82) is 0 Å². The number of nitrogens with zero attached hydrogens (tertiary/aromatic N) is 1. The van der Waals surface area contributed by atoms with Gasteiger partial charge in [-0.05, 0) is 61.6 Å². The van der Waals surface area contributed by atoms with Gasteiger partial charge in [0, 0.05) is 33.7 Å². The fourth-order valence-electron chi connectivity index (χ4n) is 4.56. The summed E-state index contributed by atoms with van der Waals surface area (Å²) in [7, 11) is 0. The molecule has 0 aliphatic rings. The van der Waals surface area contributed by atoms with Gasteiger partial charge in [-0.25, -0.2) is 0 Å². The van der Waals surface area contributed by atoms with Crippen LogP contribution in [0.4, 0.5) is 5.69 Å². The van der Waals surface area contributed by atoms with Crippen LogP contribution in [0, 0.1) is 13.8 Å².